The lowest BCUT2D eigenvalue weighted by Crippen LogP contribution is -2.27. The molecule has 106 valence electrons. The summed E-state index contributed by atoms with van der Waals surface area (Å²) in [4.78, 5) is 13.5. The summed E-state index contributed by atoms with van der Waals surface area (Å²) < 4.78 is 38.9. The van der Waals surface area contributed by atoms with Crippen LogP contribution >= 0.6 is 0 Å². The molecule has 1 heterocycles. The quantitative estimate of drug-likeness (QED) is 0.781. The number of hydrazone groups is 1. The van der Waals surface area contributed by atoms with E-state index in [1.807, 2.05) is 0 Å². The van der Waals surface area contributed by atoms with Gasteiger partial charge in [-0.3, -0.25) is 4.79 Å². The summed E-state index contributed by atoms with van der Waals surface area (Å²) in [6.07, 6.45) is -3.56. The van der Waals surface area contributed by atoms with E-state index in [1.165, 1.54) is 17.0 Å². The zero-order valence-corrected chi connectivity index (χ0v) is 10.8. The molecule has 0 aromatic heterocycles. The maximum Gasteiger partial charge on any atom is 0.435 e. The third-order valence-electron chi connectivity index (χ3n) is 2.53. The summed E-state index contributed by atoms with van der Waals surface area (Å²) in [7, 11) is 3.08. The number of alkyl halides is 3. The molecular weight excluding hydrogens is 271 g/mol. The minimum Gasteiger partial charge on any atom is -0.383 e. The average Bonchev–Trinajstić information content (AvgIpc) is 2.67. The van der Waals surface area contributed by atoms with Crippen molar-refractivity contribution in [2.24, 2.45) is 5.10 Å². The number of hydrogen-bond donors (Lipinski definition) is 0. The van der Waals surface area contributed by atoms with E-state index in [1.54, 1.807) is 32.3 Å². The van der Waals surface area contributed by atoms with Gasteiger partial charge in [0.2, 0.25) is 0 Å². The number of rotatable bonds is 2. The fourth-order valence-corrected chi connectivity index (χ4v) is 1.74. The zero-order valence-electron chi connectivity index (χ0n) is 10.8. The zero-order chi connectivity index (χ0) is 14.9. The van der Waals surface area contributed by atoms with E-state index >= 15 is 0 Å². The van der Waals surface area contributed by atoms with Crippen molar-refractivity contribution in [1.82, 2.24) is 4.90 Å². The second-order valence-electron chi connectivity index (χ2n) is 4.41. The summed E-state index contributed by atoms with van der Waals surface area (Å²) in [5.74, 6) is -0.794. The average molecular weight is 283 g/mol. The second-order valence-corrected chi connectivity index (χ2v) is 4.41. The molecule has 0 aliphatic carbocycles. The van der Waals surface area contributed by atoms with Crippen molar-refractivity contribution in [2.75, 3.05) is 19.1 Å². The van der Waals surface area contributed by atoms with Crippen molar-refractivity contribution in [2.45, 2.75) is 6.18 Å². The molecule has 0 fully saturated rings. The molecule has 1 aromatic carbocycles. The molecule has 20 heavy (non-hydrogen) atoms. The lowest BCUT2D eigenvalue weighted by Gasteiger charge is -2.11. The maximum absolute atomic E-state index is 13.0. The molecule has 0 saturated heterocycles. The second kappa shape index (κ2) is 4.99. The maximum atomic E-state index is 13.0. The van der Waals surface area contributed by atoms with Crippen LogP contribution in [0, 0.1) is 0 Å². The number of amides is 1. The van der Waals surface area contributed by atoms with E-state index in [9.17, 15) is 18.0 Å². The molecule has 0 spiro atoms. The first-order chi connectivity index (χ1) is 9.30. The topological polar surface area (TPSA) is 35.9 Å². The first kappa shape index (κ1) is 14.1. The van der Waals surface area contributed by atoms with Crippen LogP contribution in [-0.2, 0) is 4.79 Å². The number of hydrogen-bond acceptors (Lipinski definition) is 3. The van der Waals surface area contributed by atoms with Crippen LogP contribution in [0.4, 0.5) is 18.9 Å². The minimum atomic E-state index is -4.68. The Labute approximate surface area is 113 Å². The van der Waals surface area contributed by atoms with E-state index in [-0.39, 0.29) is 0 Å². The van der Waals surface area contributed by atoms with Crippen LogP contribution in [0.5, 0.6) is 0 Å². The summed E-state index contributed by atoms with van der Waals surface area (Å²) >= 11 is 0. The fourth-order valence-electron chi connectivity index (χ4n) is 1.74. The highest BCUT2D eigenvalue weighted by Gasteiger charge is 2.46. The molecule has 4 nitrogen and oxygen atoms in total. The molecule has 1 aromatic rings. The van der Waals surface area contributed by atoms with E-state index in [0.717, 1.165) is 11.2 Å². The molecule has 0 N–H and O–H groups in total. The number of carbonyl (C=O) groups excluding carboxylic acids is 1. The summed E-state index contributed by atoms with van der Waals surface area (Å²) in [5.41, 5.74) is -1.35. The van der Waals surface area contributed by atoms with E-state index < -0.39 is 23.4 Å². The SMILES string of the molecule is CN(C)/C=C1/C(=O)N(c2ccccc2)N=C1C(F)(F)F. The van der Waals surface area contributed by atoms with Gasteiger partial charge in [-0.25, -0.2) is 0 Å². The predicted octanol–water partition coefficient (Wildman–Crippen LogP) is 2.40. The number of para-hydroxylation sites is 1. The van der Waals surface area contributed by atoms with E-state index in [2.05, 4.69) is 5.10 Å². The molecule has 2 rings (SSSR count). The molecule has 1 aliphatic rings. The van der Waals surface area contributed by atoms with Crippen molar-refractivity contribution in [3.8, 4) is 0 Å². The van der Waals surface area contributed by atoms with Gasteiger partial charge in [0.25, 0.3) is 5.91 Å². The molecule has 7 heteroatoms. The Morgan fingerprint density at radius 2 is 1.80 bits per heavy atom. The van der Waals surface area contributed by atoms with Gasteiger partial charge in [0.1, 0.15) is 0 Å². The van der Waals surface area contributed by atoms with Crippen LogP contribution in [0.25, 0.3) is 0 Å². The van der Waals surface area contributed by atoms with Crippen LogP contribution in [-0.4, -0.2) is 36.8 Å². The van der Waals surface area contributed by atoms with Crippen molar-refractivity contribution in [3.05, 3.63) is 42.1 Å². The van der Waals surface area contributed by atoms with Gasteiger partial charge in [0, 0.05) is 20.3 Å². The van der Waals surface area contributed by atoms with Gasteiger partial charge in [-0.1, -0.05) is 18.2 Å². The number of nitrogens with zero attached hydrogens (tertiary/aromatic N) is 3. The molecule has 1 aliphatic heterocycles. The Balaban J connectivity index is 2.49. The third-order valence-corrected chi connectivity index (χ3v) is 2.53. The molecule has 1 amide bonds. The number of carbonyl (C=O) groups is 1. The molecule has 0 radical (unpaired) electrons. The lowest BCUT2D eigenvalue weighted by molar-refractivity contribution is -0.114. The Bertz CT molecular complexity index is 576. The van der Waals surface area contributed by atoms with Crippen LogP contribution in [0.1, 0.15) is 0 Å². The van der Waals surface area contributed by atoms with Crippen molar-refractivity contribution >= 4 is 17.3 Å². The highest BCUT2D eigenvalue weighted by atomic mass is 19.4. The highest BCUT2D eigenvalue weighted by molar-refractivity contribution is 6.31. The van der Waals surface area contributed by atoms with Gasteiger partial charge in [0.05, 0.1) is 11.3 Å². The monoisotopic (exact) mass is 283 g/mol. The van der Waals surface area contributed by atoms with Gasteiger partial charge < -0.3 is 4.90 Å². The first-order valence-electron chi connectivity index (χ1n) is 5.74. The fraction of sp³-hybridized carbons (Fsp3) is 0.231. The minimum absolute atomic E-state index is 0.293. The predicted molar refractivity (Wildman–Crippen MR) is 69.2 cm³/mol. The van der Waals surface area contributed by atoms with Gasteiger partial charge in [0.15, 0.2) is 5.71 Å². The molecule has 0 bridgehead atoms. The Morgan fingerprint density at radius 3 is 2.30 bits per heavy atom. The van der Waals surface area contributed by atoms with Crippen LogP contribution < -0.4 is 5.01 Å². The van der Waals surface area contributed by atoms with Crippen LogP contribution in [0.3, 0.4) is 0 Å². The largest absolute Gasteiger partial charge is 0.435 e. The number of benzene rings is 1. The standard InChI is InChI=1S/C13H12F3N3O/c1-18(2)8-10-11(13(14,15)16)17-19(12(10)20)9-6-4-3-5-7-9/h3-8H,1-2H3/b10-8+. The normalized spacial score (nSPS) is 17.6. The number of halogens is 3. The van der Waals surface area contributed by atoms with E-state index in [0.29, 0.717) is 5.69 Å². The Morgan fingerprint density at radius 1 is 1.20 bits per heavy atom. The molecule has 0 unspecified atom stereocenters. The van der Waals surface area contributed by atoms with Gasteiger partial charge >= 0.3 is 6.18 Å². The summed E-state index contributed by atoms with van der Waals surface area (Å²) in [6.45, 7) is 0. The van der Waals surface area contributed by atoms with E-state index in [4.69, 9.17) is 0 Å². The smallest absolute Gasteiger partial charge is 0.383 e. The van der Waals surface area contributed by atoms with Crippen LogP contribution in [0.15, 0.2) is 47.2 Å². The summed E-state index contributed by atoms with van der Waals surface area (Å²) in [6, 6.07) is 8.00. The molecule has 0 atom stereocenters. The summed E-state index contributed by atoms with van der Waals surface area (Å²) in [5, 5.41) is 4.19. The third kappa shape index (κ3) is 2.66. The van der Waals surface area contributed by atoms with Crippen molar-refractivity contribution < 1.29 is 18.0 Å². The first-order valence-corrected chi connectivity index (χ1v) is 5.74. The van der Waals surface area contributed by atoms with Crippen LogP contribution in [0.2, 0.25) is 0 Å². The van der Waals surface area contributed by atoms with Crippen molar-refractivity contribution in [1.29, 1.82) is 0 Å². The van der Waals surface area contributed by atoms with Gasteiger partial charge in [-0.2, -0.15) is 23.3 Å². The van der Waals surface area contributed by atoms with Crippen molar-refractivity contribution in [3.63, 3.8) is 0 Å². The van der Waals surface area contributed by atoms with Gasteiger partial charge in [-0.15, -0.1) is 0 Å². The number of anilines is 1. The Hall–Kier alpha value is -2.31. The van der Waals surface area contributed by atoms with Gasteiger partial charge in [-0.05, 0) is 12.1 Å². The Kier molecular flexibility index (Phi) is 3.52. The highest BCUT2D eigenvalue weighted by Crippen LogP contribution is 2.31. The molecule has 0 saturated carbocycles. The molecular formula is C13H12F3N3O. The lowest BCUT2D eigenvalue weighted by atomic mass is 10.1.